The van der Waals surface area contributed by atoms with E-state index in [0.29, 0.717) is 32.1 Å². The molecule has 1 aromatic carbocycles. The quantitative estimate of drug-likeness (QED) is 0.223. The Morgan fingerprint density at radius 3 is 2.44 bits per heavy atom. The lowest BCUT2D eigenvalue weighted by molar-refractivity contribution is -0.128. The van der Waals surface area contributed by atoms with Gasteiger partial charge in [0.15, 0.2) is 17.5 Å². The topological polar surface area (TPSA) is 74.8 Å². The Hall–Kier alpha value is -1.65. The van der Waals surface area contributed by atoms with Crippen molar-refractivity contribution in [2.24, 2.45) is 10.4 Å². The highest BCUT2D eigenvalue weighted by Gasteiger charge is 2.20. The summed E-state index contributed by atoms with van der Waals surface area (Å²) in [4.78, 5) is 16.1. The molecule has 1 amide bonds. The molecule has 0 saturated heterocycles. The van der Waals surface area contributed by atoms with Crippen molar-refractivity contribution in [2.45, 2.75) is 27.7 Å². The van der Waals surface area contributed by atoms with Crippen LogP contribution in [0.5, 0.6) is 5.75 Å². The summed E-state index contributed by atoms with van der Waals surface area (Å²) in [5, 5.41) is 8.93. The molecule has 0 heterocycles. The molecule has 1 rings (SSSR count). The van der Waals surface area contributed by atoms with Gasteiger partial charge < -0.3 is 20.7 Å². The molecular weight excluding hydrogens is 469 g/mol. The van der Waals surface area contributed by atoms with E-state index >= 15 is 0 Å². The van der Waals surface area contributed by atoms with Crippen LogP contribution in [-0.4, -0.2) is 44.7 Å². The van der Waals surface area contributed by atoms with Gasteiger partial charge in [-0.05, 0) is 19.1 Å². The second-order valence-corrected chi connectivity index (χ2v) is 6.62. The van der Waals surface area contributed by atoms with Crippen LogP contribution < -0.4 is 20.7 Å². The molecule has 0 bridgehead atoms. The first kappa shape index (κ1) is 25.4. The van der Waals surface area contributed by atoms with Gasteiger partial charge in [-0.25, -0.2) is 8.78 Å². The highest BCUT2D eigenvalue weighted by molar-refractivity contribution is 14.0. The maximum absolute atomic E-state index is 13.5. The van der Waals surface area contributed by atoms with Crippen LogP contribution >= 0.6 is 24.0 Å². The van der Waals surface area contributed by atoms with E-state index in [-0.39, 0.29) is 42.2 Å². The summed E-state index contributed by atoms with van der Waals surface area (Å²) in [6.45, 7) is 9.58. The van der Waals surface area contributed by atoms with Crippen LogP contribution in [0.4, 0.5) is 8.78 Å². The number of ether oxygens (including phenoxy) is 1. The molecule has 27 heavy (non-hydrogen) atoms. The number of nitrogens with zero attached hydrogens (tertiary/aromatic N) is 1. The molecule has 0 unspecified atom stereocenters. The van der Waals surface area contributed by atoms with Crippen LogP contribution in [0, 0.1) is 17.0 Å². The lowest BCUT2D eigenvalue weighted by Crippen LogP contribution is -2.40. The molecule has 3 N–H and O–H groups in total. The highest BCUT2D eigenvalue weighted by Crippen LogP contribution is 2.17. The first-order valence-electron chi connectivity index (χ1n) is 8.62. The van der Waals surface area contributed by atoms with Crippen molar-refractivity contribution < 1.29 is 18.3 Å². The van der Waals surface area contributed by atoms with E-state index in [1.807, 2.05) is 27.7 Å². The summed E-state index contributed by atoms with van der Waals surface area (Å²) in [5.74, 6) is -0.839. The van der Waals surface area contributed by atoms with E-state index < -0.39 is 17.0 Å². The van der Waals surface area contributed by atoms with Crippen molar-refractivity contribution >= 4 is 35.8 Å². The summed E-state index contributed by atoms with van der Waals surface area (Å²) in [5.41, 5.74) is -0.431. The van der Waals surface area contributed by atoms with Gasteiger partial charge in [0.05, 0.1) is 13.1 Å². The molecule has 154 valence electrons. The van der Waals surface area contributed by atoms with Gasteiger partial charge in [0, 0.05) is 24.6 Å². The number of hydrogen-bond acceptors (Lipinski definition) is 3. The highest BCUT2D eigenvalue weighted by atomic mass is 127. The second-order valence-electron chi connectivity index (χ2n) is 6.62. The number of nitrogens with one attached hydrogen (secondary N) is 3. The van der Waals surface area contributed by atoms with Crippen molar-refractivity contribution in [1.29, 1.82) is 0 Å². The summed E-state index contributed by atoms with van der Waals surface area (Å²) in [7, 11) is 0. The molecule has 0 aromatic heterocycles. The predicted octanol–water partition coefficient (Wildman–Crippen LogP) is 2.68. The van der Waals surface area contributed by atoms with Crippen molar-refractivity contribution in [3.05, 3.63) is 29.8 Å². The average molecular weight is 498 g/mol. The molecule has 0 fully saturated rings. The molecule has 0 aliphatic carbocycles. The second kappa shape index (κ2) is 12.7. The van der Waals surface area contributed by atoms with Gasteiger partial charge >= 0.3 is 0 Å². The zero-order valence-electron chi connectivity index (χ0n) is 16.2. The van der Waals surface area contributed by atoms with Gasteiger partial charge in [-0.15, -0.1) is 24.0 Å². The van der Waals surface area contributed by atoms with Crippen LogP contribution in [0.2, 0.25) is 0 Å². The minimum atomic E-state index is -0.736. The number of halogens is 3. The van der Waals surface area contributed by atoms with Crippen molar-refractivity contribution in [2.75, 3.05) is 32.8 Å². The van der Waals surface area contributed by atoms with E-state index in [9.17, 15) is 13.6 Å². The third kappa shape index (κ3) is 10.3. The first-order valence-corrected chi connectivity index (χ1v) is 8.62. The van der Waals surface area contributed by atoms with Crippen LogP contribution in [0.25, 0.3) is 0 Å². The number of carbonyl (C=O) groups is 1. The van der Waals surface area contributed by atoms with Crippen molar-refractivity contribution in [3.8, 4) is 5.75 Å². The average Bonchev–Trinajstić information content (AvgIpc) is 2.55. The van der Waals surface area contributed by atoms with Crippen LogP contribution in [0.15, 0.2) is 23.2 Å². The fourth-order valence-corrected chi connectivity index (χ4v) is 1.87. The Morgan fingerprint density at radius 1 is 1.15 bits per heavy atom. The normalized spacial score (nSPS) is 11.4. The Morgan fingerprint density at radius 2 is 1.85 bits per heavy atom. The Kier molecular flexibility index (Phi) is 11.9. The Bertz CT molecular complexity index is 622. The number of rotatable bonds is 8. The van der Waals surface area contributed by atoms with Crippen LogP contribution in [-0.2, 0) is 4.79 Å². The molecule has 0 aliphatic rings. The summed E-state index contributed by atoms with van der Waals surface area (Å²) >= 11 is 0. The Balaban J connectivity index is 0.00000676. The standard InChI is InChI=1S/C18H28F2N4O2.HI/c1-5-21-17(23-9-8-22-16(25)18(2,3)4)24-10-11-26-15-7-6-13(19)12-14(15)20;/h6-7,12H,5,8-11H2,1-4H3,(H,22,25)(H2,21,23,24);1H. The minimum Gasteiger partial charge on any atom is -0.489 e. The molecule has 0 atom stereocenters. The van der Waals surface area contributed by atoms with Gasteiger partial charge in [0.25, 0.3) is 0 Å². The number of aliphatic imine (C=N–C) groups is 1. The molecule has 9 heteroatoms. The van der Waals surface area contributed by atoms with Gasteiger partial charge in [0.1, 0.15) is 12.4 Å². The third-order valence-corrected chi connectivity index (χ3v) is 3.24. The smallest absolute Gasteiger partial charge is 0.225 e. The van der Waals surface area contributed by atoms with E-state index in [2.05, 4.69) is 20.9 Å². The Labute approximate surface area is 176 Å². The van der Waals surface area contributed by atoms with Gasteiger partial charge in [-0.1, -0.05) is 20.8 Å². The molecule has 0 aliphatic heterocycles. The van der Waals surface area contributed by atoms with E-state index in [1.165, 1.54) is 6.07 Å². The van der Waals surface area contributed by atoms with Gasteiger partial charge in [-0.3, -0.25) is 9.79 Å². The monoisotopic (exact) mass is 498 g/mol. The zero-order chi connectivity index (χ0) is 19.6. The number of carbonyl (C=O) groups excluding carboxylic acids is 1. The van der Waals surface area contributed by atoms with Gasteiger partial charge in [0.2, 0.25) is 5.91 Å². The van der Waals surface area contributed by atoms with Gasteiger partial charge in [-0.2, -0.15) is 0 Å². The number of amides is 1. The summed E-state index contributed by atoms with van der Waals surface area (Å²) < 4.78 is 31.6. The van der Waals surface area contributed by atoms with E-state index in [4.69, 9.17) is 4.74 Å². The molecule has 6 nitrogen and oxygen atoms in total. The first-order chi connectivity index (χ1) is 12.2. The zero-order valence-corrected chi connectivity index (χ0v) is 18.5. The largest absolute Gasteiger partial charge is 0.489 e. The molecule has 0 radical (unpaired) electrons. The summed E-state index contributed by atoms with van der Waals surface area (Å²) in [6.07, 6.45) is 0. The predicted molar refractivity (Wildman–Crippen MR) is 114 cm³/mol. The third-order valence-electron chi connectivity index (χ3n) is 3.24. The molecule has 0 saturated carbocycles. The summed E-state index contributed by atoms with van der Waals surface area (Å²) in [6, 6.07) is 3.17. The fourth-order valence-electron chi connectivity index (χ4n) is 1.87. The van der Waals surface area contributed by atoms with Crippen molar-refractivity contribution in [1.82, 2.24) is 16.0 Å². The van der Waals surface area contributed by atoms with Crippen LogP contribution in [0.1, 0.15) is 27.7 Å². The van der Waals surface area contributed by atoms with E-state index in [1.54, 1.807) is 0 Å². The maximum Gasteiger partial charge on any atom is 0.225 e. The SMILES string of the molecule is CCNC(=NCCNC(=O)C(C)(C)C)NCCOc1ccc(F)cc1F.I. The molecular formula is C18H29F2IN4O2. The van der Waals surface area contributed by atoms with Crippen molar-refractivity contribution in [3.63, 3.8) is 0 Å². The lowest BCUT2D eigenvalue weighted by Gasteiger charge is -2.17. The maximum atomic E-state index is 13.5. The number of hydrogen-bond donors (Lipinski definition) is 3. The molecule has 0 spiro atoms. The number of guanidine groups is 1. The molecule has 1 aromatic rings. The van der Waals surface area contributed by atoms with Crippen LogP contribution in [0.3, 0.4) is 0 Å². The fraction of sp³-hybridized carbons (Fsp3) is 0.556. The minimum absolute atomic E-state index is 0. The number of benzene rings is 1. The van der Waals surface area contributed by atoms with E-state index in [0.717, 1.165) is 12.1 Å². The lowest BCUT2D eigenvalue weighted by atomic mass is 9.96.